The van der Waals surface area contributed by atoms with Gasteiger partial charge in [-0.3, -0.25) is 9.67 Å². The van der Waals surface area contributed by atoms with E-state index in [-0.39, 0.29) is 0 Å². The quantitative estimate of drug-likeness (QED) is 0.719. The van der Waals surface area contributed by atoms with Crippen LogP contribution in [0.15, 0.2) is 30.6 Å². The third-order valence-corrected chi connectivity index (χ3v) is 4.08. The maximum absolute atomic E-state index is 11.9. The standard InChI is InChI=1S/C18H20N4O3/c1-5-12-16-15(22(2)21-12)7-6-14(17(16)24-3)20-13-8-9-19-10-11(13)18(23)25-4/h6-10H,5H2,1-4H3,(H,19,20). The number of fused-ring (bicyclic) bond motifs is 1. The van der Waals surface area contributed by atoms with Gasteiger partial charge in [-0.05, 0) is 24.6 Å². The minimum Gasteiger partial charge on any atom is -0.494 e. The van der Waals surface area contributed by atoms with Gasteiger partial charge in [0, 0.05) is 19.4 Å². The molecule has 0 fully saturated rings. The third-order valence-electron chi connectivity index (χ3n) is 4.08. The molecule has 0 bridgehead atoms. The summed E-state index contributed by atoms with van der Waals surface area (Å²) >= 11 is 0. The Kier molecular flexibility index (Phi) is 4.56. The molecule has 7 nitrogen and oxygen atoms in total. The molecule has 1 N–H and O–H groups in total. The van der Waals surface area contributed by atoms with Crippen molar-refractivity contribution in [3.05, 3.63) is 41.9 Å². The summed E-state index contributed by atoms with van der Waals surface area (Å²) in [6.45, 7) is 2.06. The van der Waals surface area contributed by atoms with E-state index >= 15 is 0 Å². The molecule has 0 saturated heterocycles. The lowest BCUT2D eigenvalue weighted by Gasteiger charge is -2.14. The number of benzene rings is 1. The minimum atomic E-state index is -0.453. The van der Waals surface area contributed by atoms with Crippen LogP contribution in [0.2, 0.25) is 0 Å². The first-order valence-electron chi connectivity index (χ1n) is 7.92. The van der Waals surface area contributed by atoms with Gasteiger partial charge in [-0.25, -0.2) is 4.79 Å². The molecule has 0 saturated carbocycles. The van der Waals surface area contributed by atoms with Gasteiger partial charge in [-0.1, -0.05) is 6.92 Å². The highest BCUT2D eigenvalue weighted by Crippen LogP contribution is 2.37. The molecule has 0 aliphatic heterocycles. The Bertz CT molecular complexity index is 933. The predicted molar refractivity (Wildman–Crippen MR) is 95.5 cm³/mol. The van der Waals surface area contributed by atoms with Crippen molar-refractivity contribution in [2.45, 2.75) is 13.3 Å². The zero-order valence-electron chi connectivity index (χ0n) is 14.7. The predicted octanol–water partition coefficient (Wildman–Crippen LogP) is 3.07. The van der Waals surface area contributed by atoms with Gasteiger partial charge >= 0.3 is 5.97 Å². The number of hydrogen-bond acceptors (Lipinski definition) is 6. The third kappa shape index (κ3) is 2.88. The number of carbonyl (C=O) groups excluding carboxylic acids is 1. The van der Waals surface area contributed by atoms with E-state index in [1.54, 1.807) is 19.4 Å². The van der Waals surface area contributed by atoms with Crippen LogP contribution in [0.25, 0.3) is 10.9 Å². The van der Waals surface area contributed by atoms with Crippen molar-refractivity contribution in [1.29, 1.82) is 0 Å². The van der Waals surface area contributed by atoms with E-state index in [0.717, 1.165) is 28.7 Å². The summed E-state index contributed by atoms with van der Waals surface area (Å²) in [5.41, 5.74) is 3.65. The summed E-state index contributed by atoms with van der Waals surface area (Å²) in [5, 5.41) is 8.77. The van der Waals surface area contributed by atoms with Crippen molar-refractivity contribution >= 4 is 28.2 Å². The molecule has 3 rings (SSSR count). The molecule has 2 aromatic heterocycles. The summed E-state index contributed by atoms with van der Waals surface area (Å²) in [5.74, 6) is 0.237. The molecular weight excluding hydrogens is 320 g/mol. The Labute approximate surface area is 145 Å². The highest BCUT2D eigenvalue weighted by Gasteiger charge is 2.18. The number of aryl methyl sites for hydroxylation is 2. The monoisotopic (exact) mass is 340 g/mol. The zero-order valence-corrected chi connectivity index (χ0v) is 14.7. The number of methoxy groups -OCH3 is 2. The Balaban J connectivity index is 2.13. The number of nitrogens with one attached hydrogen (secondary N) is 1. The number of hydrogen-bond donors (Lipinski definition) is 1. The van der Waals surface area contributed by atoms with Crippen LogP contribution < -0.4 is 10.1 Å². The molecule has 0 radical (unpaired) electrons. The summed E-state index contributed by atoms with van der Waals surface area (Å²) in [4.78, 5) is 15.9. The lowest BCUT2D eigenvalue weighted by atomic mass is 10.1. The fourth-order valence-corrected chi connectivity index (χ4v) is 2.88. The van der Waals surface area contributed by atoms with Crippen LogP contribution in [-0.4, -0.2) is 35.0 Å². The molecule has 0 aliphatic rings. The van der Waals surface area contributed by atoms with Crippen LogP contribution in [-0.2, 0) is 18.2 Å². The normalized spacial score (nSPS) is 10.7. The number of rotatable bonds is 5. The topological polar surface area (TPSA) is 78.3 Å². The SMILES string of the molecule is CCc1nn(C)c2ccc(Nc3ccncc3C(=O)OC)c(OC)c12. The number of nitrogens with zero attached hydrogens (tertiary/aromatic N) is 3. The molecule has 25 heavy (non-hydrogen) atoms. The van der Waals surface area contributed by atoms with E-state index in [1.165, 1.54) is 13.3 Å². The molecule has 3 aromatic rings. The fraction of sp³-hybridized carbons (Fsp3) is 0.278. The first-order valence-corrected chi connectivity index (χ1v) is 7.92. The van der Waals surface area contributed by atoms with Gasteiger partial charge in [0.05, 0.1) is 42.2 Å². The number of pyridine rings is 1. The van der Waals surface area contributed by atoms with Crippen LogP contribution in [0.3, 0.4) is 0 Å². The molecule has 7 heteroatoms. The van der Waals surface area contributed by atoms with E-state index in [0.29, 0.717) is 17.0 Å². The van der Waals surface area contributed by atoms with E-state index < -0.39 is 5.97 Å². The van der Waals surface area contributed by atoms with Crippen LogP contribution in [0.5, 0.6) is 5.75 Å². The first kappa shape index (κ1) is 16.8. The Morgan fingerprint density at radius 2 is 2.04 bits per heavy atom. The molecule has 0 unspecified atom stereocenters. The molecule has 130 valence electrons. The van der Waals surface area contributed by atoms with E-state index in [9.17, 15) is 4.79 Å². The number of carbonyl (C=O) groups is 1. The van der Waals surface area contributed by atoms with E-state index in [1.807, 2.05) is 23.9 Å². The highest BCUT2D eigenvalue weighted by atomic mass is 16.5. The fourth-order valence-electron chi connectivity index (χ4n) is 2.88. The van der Waals surface area contributed by atoms with Crippen LogP contribution in [0.1, 0.15) is 23.0 Å². The molecule has 0 atom stereocenters. The van der Waals surface area contributed by atoms with Crippen LogP contribution in [0, 0.1) is 0 Å². The summed E-state index contributed by atoms with van der Waals surface area (Å²) in [6.07, 6.45) is 3.88. The van der Waals surface area contributed by atoms with Gasteiger partial charge in [0.1, 0.15) is 5.56 Å². The molecule has 0 amide bonds. The Morgan fingerprint density at radius 3 is 2.72 bits per heavy atom. The molecule has 2 heterocycles. The number of anilines is 2. The molecule has 1 aromatic carbocycles. The summed E-state index contributed by atoms with van der Waals surface area (Å²) in [6, 6.07) is 5.61. The average molecular weight is 340 g/mol. The number of aromatic nitrogens is 3. The molecular formula is C18H20N4O3. The second-order valence-electron chi connectivity index (χ2n) is 5.50. The maximum Gasteiger partial charge on any atom is 0.341 e. The number of ether oxygens (including phenoxy) is 2. The smallest absolute Gasteiger partial charge is 0.341 e. The van der Waals surface area contributed by atoms with Crippen LogP contribution in [0.4, 0.5) is 11.4 Å². The zero-order chi connectivity index (χ0) is 18.0. The van der Waals surface area contributed by atoms with Crippen molar-refractivity contribution in [2.75, 3.05) is 19.5 Å². The van der Waals surface area contributed by atoms with Gasteiger partial charge in [-0.2, -0.15) is 5.10 Å². The van der Waals surface area contributed by atoms with E-state index in [4.69, 9.17) is 9.47 Å². The van der Waals surface area contributed by atoms with Gasteiger partial charge < -0.3 is 14.8 Å². The van der Waals surface area contributed by atoms with Crippen molar-refractivity contribution in [1.82, 2.24) is 14.8 Å². The lowest BCUT2D eigenvalue weighted by molar-refractivity contribution is 0.0601. The molecule has 0 aliphatic carbocycles. The Morgan fingerprint density at radius 1 is 1.24 bits per heavy atom. The van der Waals surface area contributed by atoms with Gasteiger partial charge in [-0.15, -0.1) is 0 Å². The second-order valence-corrected chi connectivity index (χ2v) is 5.50. The highest BCUT2D eigenvalue weighted by molar-refractivity contribution is 5.98. The Hall–Kier alpha value is -3.09. The average Bonchev–Trinajstić information content (AvgIpc) is 2.97. The summed E-state index contributed by atoms with van der Waals surface area (Å²) < 4.78 is 12.3. The maximum atomic E-state index is 11.9. The van der Waals surface area contributed by atoms with Crippen molar-refractivity contribution in [3.63, 3.8) is 0 Å². The van der Waals surface area contributed by atoms with Crippen LogP contribution >= 0.6 is 0 Å². The van der Waals surface area contributed by atoms with Crippen molar-refractivity contribution in [2.24, 2.45) is 7.05 Å². The summed E-state index contributed by atoms with van der Waals surface area (Å²) in [7, 11) is 4.88. The second kappa shape index (κ2) is 6.80. The van der Waals surface area contributed by atoms with E-state index in [2.05, 4.69) is 22.3 Å². The van der Waals surface area contributed by atoms with Gasteiger partial charge in [0.2, 0.25) is 0 Å². The molecule has 0 spiro atoms. The van der Waals surface area contributed by atoms with Gasteiger partial charge in [0.25, 0.3) is 0 Å². The first-order chi connectivity index (χ1) is 12.1. The van der Waals surface area contributed by atoms with Crippen molar-refractivity contribution in [3.8, 4) is 5.75 Å². The lowest BCUT2D eigenvalue weighted by Crippen LogP contribution is -2.06. The van der Waals surface area contributed by atoms with Crippen molar-refractivity contribution < 1.29 is 14.3 Å². The minimum absolute atomic E-state index is 0.356. The van der Waals surface area contributed by atoms with Gasteiger partial charge in [0.15, 0.2) is 5.75 Å². The number of esters is 1. The largest absolute Gasteiger partial charge is 0.494 e.